The topological polar surface area (TPSA) is 65.2 Å². The van der Waals surface area contributed by atoms with E-state index < -0.39 is 0 Å². The Labute approximate surface area is 95.5 Å². The van der Waals surface area contributed by atoms with Crippen molar-refractivity contribution in [1.82, 2.24) is 14.9 Å². The molecule has 0 fully saturated rings. The van der Waals surface area contributed by atoms with Crippen molar-refractivity contribution in [2.75, 3.05) is 14.1 Å². The third-order valence-corrected chi connectivity index (χ3v) is 1.83. The molecule has 84 valence electrons. The molecule has 1 rings (SSSR count). The molecule has 0 radical (unpaired) electrons. The monoisotopic (exact) mass is 217 g/mol. The average Bonchev–Trinajstić information content (AvgIpc) is 2.27. The first kappa shape index (κ1) is 12.1. The zero-order valence-corrected chi connectivity index (χ0v) is 9.80. The van der Waals surface area contributed by atoms with Crippen LogP contribution in [0.25, 0.3) is 0 Å². The van der Waals surface area contributed by atoms with Crippen molar-refractivity contribution >= 4 is 12.2 Å². The Morgan fingerprint density at radius 1 is 1.56 bits per heavy atom. The van der Waals surface area contributed by atoms with Gasteiger partial charge in [-0.1, -0.05) is 13.3 Å². The minimum absolute atomic E-state index is 0.262. The van der Waals surface area contributed by atoms with E-state index in [1.54, 1.807) is 17.4 Å². The van der Waals surface area contributed by atoms with Crippen molar-refractivity contribution in [3.8, 4) is 6.07 Å². The fourth-order valence-corrected chi connectivity index (χ4v) is 1.13. The predicted molar refractivity (Wildman–Crippen MR) is 62.6 cm³/mol. The maximum absolute atomic E-state index is 8.86. The molecule has 0 saturated carbocycles. The summed E-state index contributed by atoms with van der Waals surface area (Å²) in [5, 5.41) is 8.86. The summed E-state index contributed by atoms with van der Waals surface area (Å²) in [6.07, 6.45) is 5.10. The summed E-state index contributed by atoms with van der Waals surface area (Å²) >= 11 is 0. The van der Waals surface area contributed by atoms with Crippen LogP contribution in [0.5, 0.6) is 0 Å². The number of aliphatic imine (C=N–C) groups is 1. The number of nitrogens with zero attached hydrogens (tertiary/aromatic N) is 5. The highest BCUT2D eigenvalue weighted by Gasteiger charge is 2.05. The molecule has 16 heavy (non-hydrogen) atoms. The number of hydrogen-bond acceptors (Lipinski definition) is 4. The Kier molecular flexibility index (Phi) is 4.40. The number of rotatable bonds is 4. The number of hydrogen-bond donors (Lipinski definition) is 0. The van der Waals surface area contributed by atoms with E-state index in [0.29, 0.717) is 5.82 Å². The second-order valence-corrected chi connectivity index (χ2v) is 3.60. The normalized spacial score (nSPS) is 10.4. The molecule has 0 amide bonds. The molecule has 0 aliphatic carbocycles. The van der Waals surface area contributed by atoms with Gasteiger partial charge in [0.15, 0.2) is 11.5 Å². The number of aryl methyl sites for hydroxylation is 1. The quantitative estimate of drug-likeness (QED) is 0.566. The average molecular weight is 217 g/mol. The summed E-state index contributed by atoms with van der Waals surface area (Å²) in [4.78, 5) is 14.2. The fourth-order valence-electron chi connectivity index (χ4n) is 1.13. The van der Waals surface area contributed by atoms with Gasteiger partial charge >= 0.3 is 0 Å². The van der Waals surface area contributed by atoms with E-state index in [4.69, 9.17) is 5.26 Å². The zero-order chi connectivity index (χ0) is 12.0. The minimum atomic E-state index is 0.262. The lowest BCUT2D eigenvalue weighted by Gasteiger charge is -2.04. The van der Waals surface area contributed by atoms with Crippen LogP contribution in [-0.2, 0) is 6.42 Å². The molecule has 5 nitrogen and oxygen atoms in total. The van der Waals surface area contributed by atoms with Crippen molar-refractivity contribution in [3.63, 3.8) is 0 Å². The third kappa shape index (κ3) is 3.31. The van der Waals surface area contributed by atoms with Gasteiger partial charge in [-0.3, -0.25) is 0 Å². The molecule has 0 spiro atoms. The number of aromatic nitrogens is 2. The molecule has 0 aliphatic heterocycles. The van der Waals surface area contributed by atoms with Gasteiger partial charge in [-0.2, -0.15) is 5.26 Å². The fraction of sp³-hybridized carbons (Fsp3) is 0.455. The van der Waals surface area contributed by atoms with E-state index >= 15 is 0 Å². The van der Waals surface area contributed by atoms with Gasteiger partial charge in [0.05, 0.1) is 18.2 Å². The molecular formula is C11H15N5. The van der Waals surface area contributed by atoms with Crippen LogP contribution in [-0.4, -0.2) is 35.3 Å². The van der Waals surface area contributed by atoms with Crippen LogP contribution in [0.2, 0.25) is 0 Å². The zero-order valence-electron chi connectivity index (χ0n) is 9.80. The second-order valence-electron chi connectivity index (χ2n) is 3.60. The first-order valence-corrected chi connectivity index (χ1v) is 5.14. The van der Waals surface area contributed by atoms with Gasteiger partial charge in [0.2, 0.25) is 0 Å². The highest BCUT2D eigenvalue weighted by atomic mass is 15.1. The summed E-state index contributed by atoms with van der Waals surface area (Å²) in [5.74, 6) is 0.391. The van der Waals surface area contributed by atoms with Crippen LogP contribution in [0, 0.1) is 11.3 Å². The van der Waals surface area contributed by atoms with Crippen LogP contribution < -0.4 is 0 Å². The van der Waals surface area contributed by atoms with E-state index in [1.165, 1.54) is 0 Å². The minimum Gasteiger partial charge on any atom is -0.369 e. The van der Waals surface area contributed by atoms with E-state index in [9.17, 15) is 0 Å². The van der Waals surface area contributed by atoms with Crippen LogP contribution >= 0.6 is 0 Å². The van der Waals surface area contributed by atoms with Crippen molar-refractivity contribution in [2.45, 2.75) is 19.8 Å². The summed E-state index contributed by atoms with van der Waals surface area (Å²) < 4.78 is 0. The second kappa shape index (κ2) is 5.81. The summed E-state index contributed by atoms with van der Waals surface area (Å²) in [5.41, 5.74) is 1.13. The smallest absolute Gasteiger partial charge is 0.190 e. The van der Waals surface area contributed by atoms with Crippen LogP contribution in [0.1, 0.15) is 24.7 Å². The van der Waals surface area contributed by atoms with Gasteiger partial charge in [-0.05, 0) is 6.42 Å². The lowest BCUT2D eigenvalue weighted by atomic mass is 10.2. The van der Waals surface area contributed by atoms with E-state index in [1.807, 2.05) is 20.2 Å². The lowest BCUT2D eigenvalue weighted by molar-refractivity contribution is 0.642. The first-order valence-electron chi connectivity index (χ1n) is 5.14. The Morgan fingerprint density at radius 3 is 2.88 bits per heavy atom. The van der Waals surface area contributed by atoms with E-state index in [-0.39, 0.29) is 5.69 Å². The largest absolute Gasteiger partial charge is 0.369 e. The molecule has 0 atom stereocenters. The standard InChI is InChI=1S/C11H15N5/c1-4-5-9-7-13-10(6-12)11(15-9)14-8-16(2)3/h7-8H,4-5H2,1-3H3/b14-8-. The molecule has 1 aromatic rings. The lowest BCUT2D eigenvalue weighted by Crippen LogP contribution is -2.07. The van der Waals surface area contributed by atoms with E-state index in [2.05, 4.69) is 21.9 Å². The van der Waals surface area contributed by atoms with Gasteiger partial charge in [-0.15, -0.1) is 0 Å². The molecule has 0 bridgehead atoms. The van der Waals surface area contributed by atoms with Gasteiger partial charge in [-0.25, -0.2) is 15.0 Å². The van der Waals surface area contributed by atoms with Crippen LogP contribution in [0.3, 0.4) is 0 Å². The third-order valence-electron chi connectivity index (χ3n) is 1.83. The Balaban J connectivity index is 3.03. The Bertz CT molecular complexity index is 417. The summed E-state index contributed by atoms with van der Waals surface area (Å²) in [7, 11) is 3.72. The van der Waals surface area contributed by atoms with Crippen LogP contribution in [0.4, 0.5) is 5.82 Å². The molecule has 0 saturated heterocycles. The molecule has 1 heterocycles. The van der Waals surface area contributed by atoms with Gasteiger partial charge in [0.1, 0.15) is 6.07 Å². The Morgan fingerprint density at radius 2 is 2.31 bits per heavy atom. The van der Waals surface area contributed by atoms with Crippen molar-refractivity contribution in [1.29, 1.82) is 5.26 Å². The molecule has 1 aromatic heterocycles. The molecular weight excluding hydrogens is 202 g/mol. The van der Waals surface area contributed by atoms with Gasteiger partial charge < -0.3 is 4.90 Å². The maximum atomic E-state index is 8.86. The van der Waals surface area contributed by atoms with Crippen molar-refractivity contribution in [2.24, 2.45) is 4.99 Å². The van der Waals surface area contributed by atoms with Crippen molar-refractivity contribution in [3.05, 3.63) is 17.6 Å². The molecule has 0 unspecified atom stereocenters. The van der Waals surface area contributed by atoms with Gasteiger partial charge in [0.25, 0.3) is 0 Å². The SMILES string of the molecule is CCCc1cnc(C#N)c(/N=C\N(C)C)n1. The highest BCUT2D eigenvalue weighted by Crippen LogP contribution is 2.13. The van der Waals surface area contributed by atoms with Gasteiger partial charge in [0, 0.05) is 14.1 Å². The summed E-state index contributed by atoms with van der Waals surface area (Å²) in [6, 6.07) is 1.98. The number of nitriles is 1. The Hall–Kier alpha value is -1.96. The maximum Gasteiger partial charge on any atom is 0.190 e. The predicted octanol–water partition coefficient (Wildman–Crippen LogP) is 1.52. The highest BCUT2D eigenvalue weighted by molar-refractivity contribution is 5.61. The molecule has 0 N–H and O–H groups in total. The first-order chi connectivity index (χ1) is 7.67. The van der Waals surface area contributed by atoms with Crippen molar-refractivity contribution < 1.29 is 0 Å². The molecule has 5 heteroatoms. The molecule has 0 aliphatic rings. The van der Waals surface area contributed by atoms with Crippen LogP contribution in [0.15, 0.2) is 11.2 Å². The summed E-state index contributed by atoms with van der Waals surface area (Å²) in [6.45, 7) is 2.07. The van der Waals surface area contributed by atoms with E-state index in [0.717, 1.165) is 18.5 Å². The molecule has 0 aromatic carbocycles.